The molecule has 0 heterocycles. The van der Waals surface area contributed by atoms with E-state index in [2.05, 4.69) is 49.9 Å². The lowest BCUT2D eigenvalue weighted by molar-refractivity contribution is 1.36. The highest BCUT2D eigenvalue weighted by Gasteiger charge is 1.98. The Hall–Kier alpha value is -2.41. The van der Waals surface area contributed by atoms with Gasteiger partial charge in [0.2, 0.25) is 0 Å². The molecule has 0 unspecified atom stereocenters. The SMILES string of the molecule is C=C/C=C(\C=C)C(=C)N=C(C)/C=C(\C)c1ccccc1. The fraction of sp³-hybridized carbons (Fsp3) is 0.105. The van der Waals surface area contributed by atoms with Crippen LogP contribution in [0.15, 0.2) is 90.6 Å². The second-order valence-electron chi connectivity index (χ2n) is 4.46. The summed E-state index contributed by atoms with van der Waals surface area (Å²) < 4.78 is 0. The van der Waals surface area contributed by atoms with E-state index in [1.165, 1.54) is 11.1 Å². The van der Waals surface area contributed by atoms with Gasteiger partial charge in [-0.05, 0) is 36.6 Å². The van der Waals surface area contributed by atoms with Gasteiger partial charge in [0.05, 0.1) is 5.70 Å². The molecule has 0 atom stereocenters. The molecule has 0 N–H and O–H groups in total. The average molecular weight is 263 g/mol. The Morgan fingerprint density at radius 1 is 1.10 bits per heavy atom. The molecule has 102 valence electrons. The molecule has 0 bridgehead atoms. The Morgan fingerprint density at radius 2 is 1.75 bits per heavy atom. The van der Waals surface area contributed by atoms with Crippen molar-refractivity contribution in [3.63, 3.8) is 0 Å². The van der Waals surface area contributed by atoms with Crippen LogP contribution in [-0.2, 0) is 0 Å². The van der Waals surface area contributed by atoms with E-state index >= 15 is 0 Å². The fourth-order valence-corrected chi connectivity index (χ4v) is 1.82. The molecule has 20 heavy (non-hydrogen) atoms. The number of benzene rings is 1. The Kier molecular flexibility index (Phi) is 6.18. The number of aliphatic imine (C=N–C) groups is 1. The number of hydrogen-bond acceptors (Lipinski definition) is 1. The molecule has 0 spiro atoms. The van der Waals surface area contributed by atoms with Gasteiger partial charge >= 0.3 is 0 Å². The maximum Gasteiger partial charge on any atom is 0.0633 e. The highest BCUT2D eigenvalue weighted by atomic mass is 14.7. The third kappa shape index (κ3) is 4.69. The van der Waals surface area contributed by atoms with Crippen LogP contribution in [0.4, 0.5) is 0 Å². The van der Waals surface area contributed by atoms with Crippen LogP contribution < -0.4 is 0 Å². The minimum absolute atomic E-state index is 0.689. The van der Waals surface area contributed by atoms with Crippen molar-refractivity contribution in [2.75, 3.05) is 0 Å². The smallest absolute Gasteiger partial charge is 0.0633 e. The van der Waals surface area contributed by atoms with Gasteiger partial charge in [0.15, 0.2) is 0 Å². The van der Waals surface area contributed by atoms with Crippen LogP contribution in [0.5, 0.6) is 0 Å². The number of nitrogens with zero attached hydrogens (tertiary/aromatic N) is 1. The van der Waals surface area contributed by atoms with Crippen LogP contribution in [0, 0.1) is 0 Å². The minimum Gasteiger partial charge on any atom is -0.254 e. The number of allylic oxidation sites excluding steroid dienone is 5. The van der Waals surface area contributed by atoms with Crippen molar-refractivity contribution in [2.24, 2.45) is 4.99 Å². The minimum atomic E-state index is 0.689. The molecule has 0 aromatic heterocycles. The second-order valence-corrected chi connectivity index (χ2v) is 4.46. The molecule has 0 saturated carbocycles. The van der Waals surface area contributed by atoms with Gasteiger partial charge in [-0.1, -0.05) is 68.3 Å². The maximum atomic E-state index is 4.49. The lowest BCUT2D eigenvalue weighted by Gasteiger charge is -2.03. The van der Waals surface area contributed by atoms with Crippen LogP contribution in [0.3, 0.4) is 0 Å². The first-order valence-corrected chi connectivity index (χ1v) is 6.52. The molecule has 1 heteroatoms. The third-order valence-corrected chi connectivity index (χ3v) is 2.82. The summed E-state index contributed by atoms with van der Waals surface area (Å²) in [6.45, 7) is 15.4. The first kappa shape index (κ1) is 15.6. The van der Waals surface area contributed by atoms with Crippen LogP contribution in [0.1, 0.15) is 19.4 Å². The molecule has 0 aliphatic rings. The summed E-state index contributed by atoms with van der Waals surface area (Å²) in [4.78, 5) is 4.49. The predicted octanol–water partition coefficient (Wildman–Crippen LogP) is 5.36. The van der Waals surface area contributed by atoms with Crippen LogP contribution in [0.2, 0.25) is 0 Å². The van der Waals surface area contributed by atoms with Crippen LogP contribution in [-0.4, -0.2) is 5.71 Å². The van der Waals surface area contributed by atoms with Gasteiger partial charge in [-0.2, -0.15) is 0 Å². The summed E-state index contributed by atoms with van der Waals surface area (Å²) in [6.07, 6.45) is 7.33. The van der Waals surface area contributed by atoms with E-state index in [9.17, 15) is 0 Å². The van der Waals surface area contributed by atoms with Crippen molar-refractivity contribution in [1.82, 2.24) is 0 Å². The monoisotopic (exact) mass is 263 g/mol. The molecule has 1 aromatic carbocycles. The Labute approximate surface area is 122 Å². The van der Waals surface area contributed by atoms with Crippen molar-refractivity contribution < 1.29 is 0 Å². The van der Waals surface area contributed by atoms with Gasteiger partial charge < -0.3 is 0 Å². The van der Waals surface area contributed by atoms with Gasteiger partial charge in [0, 0.05) is 5.71 Å². The van der Waals surface area contributed by atoms with Crippen LogP contribution >= 0.6 is 0 Å². The topological polar surface area (TPSA) is 12.4 Å². The lowest BCUT2D eigenvalue weighted by Crippen LogP contribution is -1.91. The number of hydrogen-bond donors (Lipinski definition) is 0. The molecular formula is C19H21N. The van der Waals surface area contributed by atoms with Gasteiger partial charge in [-0.25, -0.2) is 0 Å². The van der Waals surface area contributed by atoms with E-state index in [1.54, 1.807) is 12.2 Å². The quantitative estimate of drug-likeness (QED) is 0.484. The largest absolute Gasteiger partial charge is 0.254 e. The molecule has 0 aliphatic heterocycles. The highest BCUT2D eigenvalue weighted by Crippen LogP contribution is 2.15. The molecule has 0 aliphatic carbocycles. The summed E-state index contributed by atoms with van der Waals surface area (Å²) >= 11 is 0. The van der Waals surface area contributed by atoms with Gasteiger partial charge in [0.25, 0.3) is 0 Å². The third-order valence-electron chi connectivity index (χ3n) is 2.82. The number of rotatable bonds is 6. The Balaban J connectivity index is 2.95. The van der Waals surface area contributed by atoms with E-state index in [1.807, 2.05) is 31.2 Å². The molecule has 1 aromatic rings. The van der Waals surface area contributed by atoms with E-state index in [0.717, 1.165) is 11.3 Å². The predicted molar refractivity (Wildman–Crippen MR) is 90.8 cm³/mol. The van der Waals surface area contributed by atoms with E-state index in [0.29, 0.717) is 5.70 Å². The van der Waals surface area contributed by atoms with Crippen molar-refractivity contribution in [3.05, 3.63) is 91.2 Å². The maximum absolute atomic E-state index is 4.49. The van der Waals surface area contributed by atoms with Crippen molar-refractivity contribution in [1.29, 1.82) is 0 Å². The zero-order valence-electron chi connectivity index (χ0n) is 12.3. The lowest BCUT2D eigenvalue weighted by atomic mass is 10.1. The standard InChI is InChI=1S/C19H21N/c1-6-11-18(7-2)17(5)20-16(4)14-15(3)19-12-9-8-10-13-19/h6-14H,1-2,5H2,3-4H3/b15-14+,18-11+,20-16?. The van der Waals surface area contributed by atoms with E-state index in [4.69, 9.17) is 0 Å². The highest BCUT2D eigenvalue weighted by molar-refractivity contribution is 5.99. The molecule has 1 rings (SSSR count). The molecule has 0 saturated heterocycles. The molecule has 1 nitrogen and oxygen atoms in total. The summed E-state index contributed by atoms with van der Waals surface area (Å²) in [5, 5.41) is 0. The summed E-state index contributed by atoms with van der Waals surface area (Å²) in [5.41, 5.74) is 4.85. The van der Waals surface area contributed by atoms with Gasteiger partial charge in [-0.15, -0.1) is 0 Å². The molecule has 0 radical (unpaired) electrons. The zero-order valence-corrected chi connectivity index (χ0v) is 12.3. The normalized spacial score (nSPS) is 13.0. The zero-order chi connectivity index (χ0) is 15.0. The first-order chi connectivity index (χ1) is 9.58. The Morgan fingerprint density at radius 3 is 2.30 bits per heavy atom. The fourth-order valence-electron chi connectivity index (χ4n) is 1.82. The van der Waals surface area contributed by atoms with E-state index < -0.39 is 0 Å². The van der Waals surface area contributed by atoms with Crippen molar-refractivity contribution >= 4 is 11.3 Å². The van der Waals surface area contributed by atoms with E-state index in [-0.39, 0.29) is 0 Å². The van der Waals surface area contributed by atoms with Crippen molar-refractivity contribution in [2.45, 2.75) is 13.8 Å². The first-order valence-electron chi connectivity index (χ1n) is 6.52. The van der Waals surface area contributed by atoms with Gasteiger partial charge in [-0.3, -0.25) is 4.99 Å². The van der Waals surface area contributed by atoms with Crippen molar-refractivity contribution in [3.8, 4) is 0 Å². The van der Waals surface area contributed by atoms with Crippen LogP contribution in [0.25, 0.3) is 5.57 Å². The molecule has 0 fully saturated rings. The summed E-state index contributed by atoms with van der Waals surface area (Å²) in [7, 11) is 0. The summed E-state index contributed by atoms with van der Waals surface area (Å²) in [6, 6.07) is 10.2. The van der Waals surface area contributed by atoms with Gasteiger partial charge in [0.1, 0.15) is 0 Å². The molecular weight excluding hydrogens is 242 g/mol. The Bertz CT molecular complexity index is 583. The molecule has 0 amide bonds. The second kappa shape index (κ2) is 7.90. The summed E-state index contributed by atoms with van der Waals surface area (Å²) in [5.74, 6) is 0. The average Bonchev–Trinajstić information content (AvgIpc) is 2.45.